The highest BCUT2D eigenvalue weighted by molar-refractivity contribution is 5.45. The van der Waals surface area contributed by atoms with Crippen LogP contribution in [-0.4, -0.2) is 59.4 Å². The van der Waals surface area contributed by atoms with Crippen LogP contribution >= 0.6 is 0 Å². The van der Waals surface area contributed by atoms with Crippen LogP contribution in [0.5, 0.6) is 0 Å². The molecule has 0 bridgehead atoms. The molecule has 1 heterocycles. The Labute approximate surface area is 184 Å². The Balaban J connectivity index is 3.16. The molecule has 7 heteroatoms. The topological polar surface area (TPSA) is 77.4 Å². The van der Waals surface area contributed by atoms with Gasteiger partial charge < -0.3 is 20.2 Å². The lowest BCUT2D eigenvalue weighted by atomic mass is 10.2. The average Bonchev–Trinajstić information content (AvgIpc) is 2.76. The van der Waals surface area contributed by atoms with Crippen LogP contribution in [0.2, 0.25) is 0 Å². The fraction of sp³-hybridized carbons (Fsp3) is 0.870. The number of rotatable bonds is 19. The molecule has 7 nitrogen and oxygen atoms in total. The minimum absolute atomic E-state index is 0.221. The third-order valence-electron chi connectivity index (χ3n) is 5.17. The predicted octanol–water partition coefficient (Wildman–Crippen LogP) is 4.87. The van der Waals surface area contributed by atoms with Gasteiger partial charge in [-0.2, -0.15) is 15.0 Å². The summed E-state index contributed by atoms with van der Waals surface area (Å²) in [4.78, 5) is 19.2. The first kappa shape index (κ1) is 26.4. The molecule has 0 atom stereocenters. The number of hydrogen-bond acceptors (Lipinski definition) is 7. The van der Waals surface area contributed by atoms with Gasteiger partial charge in [0.15, 0.2) is 0 Å². The van der Waals surface area contributed by atoms with Crippen molar-refractivity contribution in [3.05, 3.63) is 0 Å². The monoisotopic (exact) mass is 422 g/mol. The molecule has 0 aromatic carbocycles. The van der Waals surface area contributed by atoms with Crippen molar-refractivity contribution < 1.29 is 5.11 Å². The van der Waals surface area contributed by atoms with Gasteiger partial charge in [-0.1, -0.05) is 53.4 Å². The van der Waals surface area contributed by atoms with Gasteiger partial charge in [0.05, 0.1) is 0 Å². The Bertz CT molecular complexity index is 488. The van der Waals surface area contributed by atoms with E-state index in [1.807, 2.05) is 0 Å². The van der Waals surface area contributed by atoms with Gasteiger partial charge in [0.25, 0.3) is 0 Å². The van der Waals surface area contributed by atoms with Crippen molar-refractivity contribution in [1.29, 1.82) is 0 Å². The second kappa shape index (κ2) is 17.1. The van der Waals surface area contributed by atoms with E-state index in [0.29, 0.717) is 5.95 Å². The number of nitrogens with zero attached hydrogens (tertiary/aromatic N) is 5. The molecular weight excluding hydrogens is 376 g/mol. The first-order valence-corrected chi connectivity index (χ1v) is 12.3. The molecule has 1 aromatic heterocycles. The van der Waals surface area contributed by atoms with Crippen LogP contribution in [0.15, 0.2) is 0 Å². The fourth-order valence-corrected chi connectivity index (χ4v) is 3.17. The first-order valence-electron chi connectivity index (χ1n) is 12.3. The standard InChI is InChI=1S/C23H46N6O/c1-5-9-16-28(17-10-6-2)22-25-21(24-15-13-14-20-30)26-23(27-22)29(18-11-7-3)19-12-8-4/h30H,5-20H2,1-4H3,(H,24,25,26,27). The van der Waals surface area contributed by atoms with Gasteiger partial charge in [-0.15, -0.1) is 0 Å². The fourth-order valence-electron chi connectivity index (χ4n) is 3.17. The van der Waals surface area contributed by atoms with E-state index in [1.165, 1.54) is 0 Å². The SMILES string of the molecule is CCCCN(CCCC)c1nc(NCCCCO)nc(N(CCCC)CCCC)n1. The largest absolute Gasteiger partial charge is 0.396 e. The van der Waals surface area contributed by atoms with Crippen LogP contribution in [0.3, 0.4) is 0 Å². The Morgan fingerprint density at radius 3 is 1.43 bits per heavy atom. The highest BCUT2D eigenvalue weighted by atomic mass is 16.2. The molecular formula is C23H46N6O. The van der Waals surface area contributed by atoms with Crippen molar-refractivity contribution >= 4 is 17.8 Å². The predicted molar refractivity (Wildman–Crippen MR) is 129 cm³/mol. The van der Waals surface area contributed by atoms with Gasteiger partial charge in [-0.3, -0.25) is 0 Å². The molecule has 0 radical (unpaired) electrons. The number of aliphatic hydroxyl groups excluding tert-OH is 1. The number of anilines is 3. The summed E-state index contributed by atoms with van der Waals surface area (Å²) in [5, 5.41) is 12.4. The summed E-state index contributed by atoms with van der Waals surface area (Å²) < 4.78 is 0. The lowest BCUT2D eigenvalue weighted by molar-refractivity contribution is 0.286. The number of nitrogens with one attached hydrogen (secondary N) is 1. The summed E-state index contributed by atoms with van der Waals surface area (Å²) in [6.45, 7) is 13.8. The van der Waals surface area contributed by atoms with Gasteiger partial charge in [0.2, 0.25) is 17.8 Å². The van der Waals surface area contributed by atoms with E-state index in [2.05, 4.69) is 42.8 Å². The Hall–Kier alpha value is -1.63. The van der Waals surface area contributed by atoms with Crippen molar-refractivity contribution in [3.8, 4) is 0 Å². The zero-order valence-electron chi connectivity index (χ0n) is 20.0. The van der Waals surface area contributed by atoms with Crippen molar-refractivity contribution in [3.63, 3.8) is 0 Å². The van der Waals surface area contributed by atoms with Crippen LogP contribution in [0.1, 0.15) is 91.9 Å². The zero-order valence-corrected chi connectivity index (χ0v) is 20.0. The number of unbranched alkanes of at least 4 members (excludes halogenated alkanes) is 5. The lowest BCUT2D eigenvalue weighted by Crippen LogP contribution is -2.32. The highest BCUT2D eigenvalue weighted by Crippen LogP contribution is 2.19. The highest BCUT2D eigenvalue weighted by Gasteiger charge is 2.17. The summed E-state index contributed by atoms with van der Waals surface area (Å²) >= 11 is 0. The maximum Gasteiger partial charge on any atom is 0.231 e. The number of aliphatic hydroxyl groups is 1. The van der Waals surface area contributed by atoms with Crippen molar-refractivity contribution in [2.45, 2.75) is 91.9 Å². The van der Waals surface area contributed by atoms with Gasteiger partial charge in [-0.25, -0.2) is 0 Å². The first-order chi connectivity index (χ1) is 14.7. The Morgan fingerprint density at radius 2 is 1.07 bits per heavy atom. The molecule has 0 fully saturated rings. The molecule has 0 spiro atoms. The van der Waals surface area contributed by atoms with E-state index < -0.39 is 0 Å². The van der Waals surface area contributed by atoms with Crippen LogP contribution in [-0.2, 0) is 0 Å². The van der Waals surface area contributed by atoms with E-state index in [-0.39, 0.29) is 6.61 Å². The molecule has 0 aliphatic rings. The molecule has 0 saturated carbocycles. The van der Waals surface area contributed by atoms with E-state index in [9.17, 15) is 0 Å². The van der Waals surface area contributed by atoms with Gasteiger partial charge >= 0.3 is 0 Å². The van der Waals surface area contributed by atoms with Crippen LogP contribution < -0.4 is 15.1 Å². The summed E-state index contributed by atoms with van der Waals surface area (Å²) in [5.74, 6) is 2.25. The molecule has 0 saturated heterocycles. The summed E-state index contributed by atoms with van der Waals surface area (Å²) in [7, 11) is 0. The Kier molecular flexibility index (Phi) is 15.0. The van der Waals surface area contributed by atoms with Crippen LogP contribution in [0.25, 0.3) is 0 Å². The summed E-state index contributed by atoms with van der Waals surface area (Å²) in [6, 6.07) is 0. The maximum absolute atomic E-state index is 9.04. The molecule has 0 aliphatic heterocycles. The van der Waals surface area contributed by atoms with E-state index in [4.69, 9.17) is 20.1 Å². The van der Waals surface area contributed by atoms with Crippen LogP contribution in [0.4, 0.5) is 17.8 Å². The summed E-state index contributed by atoms with van der Waals surface area (Å²) in [5.41, 5.74) is 0. The lowest BCUT2D eigenvalue weighted by Gasteiger charge is -2.26. The van der Waals surface area contributed by atoms with Crippen molar-refractivity contribution in [2.75, 3.05) is 54.4 Å². The minimum atomic E-state index is 0.221. The van der Waals surface area contributed by atoms with Crippen molar-refractivity contribution in [2.24, 2.45) is 0 Å². The molecule has 0 aliphatic carbocycles. The normalized spacial score (nSPS) is 11.0. The molecule has 0 amide bonds. The molecule has 1 rings (SSSR count). The Morgan fingerprint density at radius 1 is 0.633 bits per heavy atom. The molecule has 2 N–H and O–H groups in total. The number of hydrogen-bond donors (Lipinski definition) is 2. The molecule has 1 aromatic rings. The third-order valence-corrected chi connectivity index (χ3v) is 5.17. The van der Waals surface area contributed by atoms with Crippen LogP contribution in [0, 0.1) is 0 Å². The van der Waals surface area contributed by atoms with E-state index in [0.717, 1.165) is 109 Å². The minimum Gasteiger partial charge on any atom is -0.396 e. The second-order valence-corrected chi connectivity index (χ2v) is 8.00. The van der Waals surface area contributed by atoms with E-state index >= 15 is 0 Å². The molecule has 30 heavy (non-hydrogen) atoms. The zero-order chi connectivity index (χ0) is 22.0. The molecule has 0 unspecified atom stereocenters. The molecule has 174 valence electrons. The average molecular weight is 423 g/mol. The van der Waals surface area contributed by atoms with Gasteiger partial charge in [-0.05, 0) is 38.5 Å². The van der Waals surface area contributed by atoms with E-state index in [1.54, 1.807) is 0 Å². The quantitative estimate of drug-likeness (QED) is 0.308. The maximum atomic E-state index is 9.04. The van der Waals surface area contributed by atoms with Gasteiger partial charge in [0, 0.05) is 39.3 Å². The number of aromatic nitrogens is 3. The van der Waals surface area contributed by atoms with Crippen molar-refractivity contribution in [1.82, 2.24) is 15.0 Å². The second-order valence-electron chi connectivity index (χ2n) is 8.00. The smallest absolute Gasteiger partial charge is 0.231 e. The summed E-state index contributed by atoms with van der Waals surface area (Å²) in [6.07, 6.45) is 10.9. The third kappa shape index (κ3) is 10.4. The van der Waals surface area contributed by atoms with Gasteiger partial charge in [0.1, 0.15) is 0 Å².